The molecule has 1 aromatic rings. The van der Waals surface area contributed by atoms with Crippen molar-refractivity contribution in [1.82, 2.24) is 0 Å². The van der Waals surface area contributed by atoms with E-state index in [9.17, 15) is 31.2 Å². The highest BCUT2D eigenvalue weighted by Crippen LogP contribution is 2.31. The third-order valence-electron chi connectivity index (χ3n) is 4.87. The molecule has 30 heavy (non-hydrogen) atoms. The van der Waals surface area contributed by atoms with Crippen molar-refractivity contribution in [3.8, 4) is 0 Å². The average Bonchev–Trinajstić information content (AvgIpc) is 3.42. The van der Waals surface area contributed by atoms with Crippen LogP contribution < -0.4 is 0 Å². The highest BCUT2D eigenvalue weighted by molar-refractivity contribution is 7.85. The summed E-state index contributed by atoms with van der Waals surface area (Å²) in [5.41, 5.74) is 0.940. The Labute approximate surface area is 171 Å². The van der Waals surface area contributed by atoms with E-state index in [-0.39, 0.29) is 23.8 Å². The first-order valence-corrected chi connectivity index (χ1v) is 10.4. The summed E-state index contributed by atoms with van der Waals surface area (Å²) in [6.45, 7) is 6.51. The molecule has 0 saturated carbocycles. The van der Waals surface area contributed by atoms with Crippen LogP contribution in [0.2, 0.25) is 0 Å². The van der Waals surface area contributed by atoms with Gasteiger partial charge in [-0.05, 0) is 49.9 Å². The van der Waals surface area contributed by atoms with E-state index in [1.807, 2.05) is 0 Å². The van der Waals surface area contributed by atoms with Crippen LogP contribution in [-0.4, -0.2) is 62.3 Å². The van der Waals surface area contributed by atoms with E-state index >= 15 is 0 Å². The SMILES string of the molecule is Cc1c(C)c(C)c(C(=O)OC(CS(=O)(=O)O)C(F)(F)F)c(C(=O)OCC2CO2)c1C. The van der Waals surface area contributed by atoms with E-state index in [0.29, 0.717) is 23.3 Å². The first-order chi connectivity index (χ1) is 13.6. The lowest BCUT2D eigenvalue weighted by atomic mass is 9.89. The molecule has 0 aliphatic carbocycles. The topological polar surface area (TPSA) is 120 Å². The van der Waals surface area contributed by atoms with Crippen LogP contribution in [-0.2, 0) is 24.3 Å². The number of carbonyl (C=O) groups excluding carboxylic acids is 2. The molecule has 0 bridgehead atoms. The molecule has 1 heterocycles. The first-order valence-electron chi connectivity index (χ1n) is 8.75. The maximum absolute atomic E-state index is 13.2. The number of rotatable bonds is 7. The van der Waals surface area contributed by atoms with Gasteiger partial charge >= 0.3 is 18.1 Å². The fraction of sp³-hybridized carbons (Fsp3) is 0.556. The van der Waals surface area contributed by atoms with Gasteiger partial charge in [0.15, 0.2) is 0 Å². The Balaban J connectivity index is 2.49. The highest BCUT2D eigenvalue weighted by atomic mass is 32.2. The van der Waals surface area contributed by atoms with E-state index < -0.39 is 45.7 Å². The lowest BCUT2D eigenvalue weighted by molar-refractivity contribution is -0.197. The number of benzene rings is 1. The summed E-state index contributed by atoms with van der Waals surface area (Å²) in [5.74, 6) is -4.37. The Morgan fingerprint density at radius 1 is 1.07 bits per heavy atom. The molecule has 12 heteroatoms. The molecule has 0 spiro atoms. The van der Waals surface area contributed by atoms with Gasteiger partial charge in [0.2, 0.25) is 6.10 Å². The van der Waals surface area contributed by atoms with Crippen LogP contribution in [0, 0.1) is 27.7 Å². The largest absolute Gasteiger partial charge is 0.459 e. The van der Waals surface area contributed by atoms with Crippen molar-refractivity contribution < 1.29 is 49.9 Å². The normalized spacial score (nSPS) is 17.4. The molecule has 1 fully saturated rings. The van der Waals surface area contributed by atoms with Gasteiger partial charge in [0.25, 0.3) is 10.1 Å². The second kappa shape index (κ2) is 8.52. The van der Waals surface area contributed by atoms with Gasteiger partial charge in [-0.3, -0.25) is 4.55 Å². The van der Waals surface area contributed by atoms with Crippen LogP contribution in [0.25, 0.3) is 0 Å². The minimum absolute atomic E-state index is 0.0906. The number of esters is 2. The van der Waals surface area contributed by atoms with Gasteiger partial charge in [0, 0.05) is 0 Å². The van der Waals surface area contributed by atoms with E-state index in [1.165, 1.54) is 13.8 Å². The number of hydrogen-bond acceptors (Lipinski definition) is 7. The predicted octanol–water partition coefficient (Wildman–Crippen LogP) is 2.45. The number of carbonyl (C=O) groups is 2. The van der Waals surface area contributed by atoms with Crippen molar-refractivity contribution in [2.24, 2.45) is 0 Å². The number of halogens is 3. The zero-order chi connectivity index (χ0) is 23.0. The molecule has 2 rings (SSSR count). The quantitative estimate of drug-likeness (QED) is 0.379. The zero-order valence-electron chi connectivity index (χ0n) is 16.6. The molecule has 0 aromatic heterocycles. The molecule has 0 radical (unpaired) electrons. The van der Waals surface area contributed by atoms with Crippen LogP contribution in [0.5, 0.6) is 0 Å². The van der Waals surface area contributed by atoms with Crippen LogP contribution in [0.15, 0.2) is 0 Å². The van der Waals surface area contributed by atoms with Gasteiger partial charge in [-0.2, -0.15) is 21.6 Å². The number of epoxide rings is 1. The zero-order valence-corrected chi connectivity index (χ0v) is 17.4. The molecule has 2 unspecified atom stereocenters. The summed E-state index contributed by atoms with van der Waals surface area (Å²) in [7, 11) is -5.11. The Morgan fingerprint density at radius 2 is 1.53 bits per heavy atom. The van der Waals surface area contributed by atoms with Crippen molar-refractivity contribution >= 4 is 22.1 Å². The van der Waals surface area contributed by atoms with Gasteiger partial charge in [0.1, 0.15) is 18.5 Å². The van der Waals surface area contributed by atoms with Crippen LogP contribution in [0.4, 0.5) is 13.2 Å². The van der Waals surface area contributed by atoms with Crippen LogP contribution in [0.3, 0.4) is 0 Å². The maximum Gasteiger partial charge on any atom is 0.426 e. The molecule has 1 aliphatic rings. The van der Waals surface area contributed by atoms with Crippen molar-refractivity contribution in [2.75, 3.05) is 19.0 Å². The smallest absolute Gasteiger partial charge is 0.426 e. The molecule has 1 saturated heterocycles. The molecule has 1 aromatic carbocycles. The minimum atomic E-state index is -5.27. The van der Waals surface area contributed by atoms with Crippen molar-refractivity contribution in [2.45, 2.75) is 46.1 Å². The summed E-state index contributed by atoms with van der Waals surface area (Å²) >= 11 is 0. The van der Waals surface area contributed by atoms with E-state index in [1.54, 1.807) is 13.8 Å². The van der Waals surface area contributed by atoms with Crippen LogP contribution in [0.1, 0.15) is 43.0 Å². The minimum Gasteiger partial charge on any atom is -0.459 e. The first kappa shape index (κ1) is 24.1. The van der Waals surface area contributed by atoms with Gasteiger partial charge < -0.3 is 14.2 Å². The lowest BCUT2D eigenvalue weighted by Crippen LogP contribution is -2.40. The van der Waals surface area contributed by atoms with Crippen LogP contribution >= 0.6 is 0 Å². The molecule has 8 nitrogen and oxygen atoms in total. The standard InChI is InChI=1S/C18H21F3O8S/c1-8-9(2)11(4)15(14(10(8)3)16(22)28-6-12-5-27-12)17(23)29-13(18(19,20)21)7-30(24,25)26/h12-13H,5-7H2,1-4H3,(H,24,25,26). The Morgan fingerprint density at radius 3 is 1.93 bits per heavy atom. The molecule has 168 valence electrons. The maximum atomic E-state index is 13.2. The Bertz CT molecular complexity index is 965. The van der Waals surface area contributed by atoms with E-state index in [4.69, 9.17) is 14.0 Å². The third-order valence-corrected chi connectivity index (χ3v) is 5.60. The molecule has 1 N–H and O–H groups in total. The molecule has 2 atom stereocenters. The fourth-order valence-electron chi connectivity index (χ4n) is 2.80. The Hall–Kier alpha value is -2.18. The Kier molecular flexibility index (Phi) is 6.84. The second-order valence-corrected chi connectivity index (χ2v) is 8.49. The van der Waals surface area contributed by atoms with Crippen molar-refractivity contribution in [3.05, 3.63) is 33.4 Å². The predicted molar refractivity (Wildman–Crippen MR) is 97.1 cm³/mol. The average molecular weight is 454 g/mol. The van der Waals surface area contributed by atoms with Gasteiger partial charge in [-0.25, -0.2) is 9.59 Å². The molecular formula is C18H21F3O8S. The molecule has 0 amide bonds. The van der Waals surface area contributed by atoms with Gasteiger partial charge in [0.05, 0.1) is 17.7 Å². The summed E-state index contributed by atoms with van der Waals surface area (Å²) in [6.07, 6.45) is -8.66. The van der Waals surface area contributed by atoms with E-state index in [2.05, 4.69) is 4.74 Å². The third kappa shape index (κ3) is 5.70. The summed E-state index contributed by atoms with van der Waals surface area (Å²) < 4.78 is 84.6. The van der Waals surface area contributed by atoms with Gasteiger partial charge in [-0.1, -0.05) is 0 Å². The van der Waals surface area contributed by atoms with Gasteiger partial charge in [-0.15, -0.1) is 0 Å². The fourth-order valence-corrected chi connectivity index (χ4v) is 3.44. The summed E-state index contributed by atoms with van der Waals surface area (Å²) in [4.78, 5) is 25.3. The van der Waals surface area contributed by atoms with Crippen molar-refractivity contribution in [1.29, 1.82) is 0 Å². The number of alkyl halides is 3. The van der Waals surface area contributed by atoms with E-state index in [0.717, 1.165) is 0 Å². The number of hydrogen-bond donors (Lipinski definition) is 1. The second-order valence-electron chi connectivity index (χ2n) is 6.99. The van der Waals surface area contributed by atoms with Crippen molar-refractivity contribution in [3.63, 3.8) is 0 Å². The lowest BCUT2D eigenvalue weighted by Gasteiger charge is -2.23. The molecular weight excluding hydrogens is 433 g/mol. The highest BCUT2D eigenvalue weighted by Gasteiger charge is 2.46. The summed E-state index contributed by atoms with van der Waals surface area (Å²) in [5, 5.41) is 0. The summed E-state index contributed by atoms with van der Waals surface area (Å²) in [6, 6.07) is 0. The number of ether oxygens (including phenoxy) is 3. The monoisotopic (exact) mass is 454 g/mol. The molecule has 1 aliphatic heterocycles.